The van der Waals surface area contributed by atoms with Crippen molar-refractivity contribution in [2.45, 2.75) is 71.1 Å². The van der Waals surface area contributed by atoms with E-state index in [1.54, 1.807) is 0 Å². The molecule has 0 amide bonds. The van der Waals surface area contributed by atoms with E-state index in [9.17, 15) is 0 Å². The van der Waals surface area contributed by atoms with Gasteiger partial charge in [0.15, 0.2) is 0 Å². The molecular weight excluding hydrogens is 260 g/mol. The van der Waals surface area contributed by atoms with Gasteiger partial charge >= 0.3 is 0 Å². The van der Waals surface area contributed by atoms with Crippen LogP contribution in [-0.2, 0) is 4.43 Å². The Hall–Kier alpha value is -0.603. The highest BCUT2D eigenvalue weighted by Gasteiger charge is 2.50. The van der Waals surface area contributed by atoms with Crippen molar-refractivity contribution in [3.05, 3.63) is 30.3 Å². The lowest BCUT2D eigenvalue weighted by Gasteiger charge is -2.40. The largest absolute Gasteiger partial charge is 0.407 e. The minimum absolute atomic E-state index is 0.0400. The predicted octanol–water partition coefficient (Wildman–Crippen LogP) is 4.86. The Bertz CT molecular complexity index is 421. The monoisotopic (exact) mass is 290 g/mol. The Labute approximate surface area is 125 Å². The van der Waals surface area contributed by atoms with Crippen LogP contribution in [0, 0.1) is 5.92 Å². The minimum Gasteiger partial charge on any atom is -0.407 e. The maximum absolute atomic E-state index is 6.82. The molecule has 20 heavy (non-hydrogen) atoms. The van der Waals surface area contributed by atoms with E-state index in [0.29, 0.717) is 0 Å². The molecule has 0 radical (unpaired) electrons. The highest BCUT2D eigenvalue weighted by Crippen LogP contribution is 2.45. The summed E-state index contributed by atoms with van der Waals surface area (Å²) in [7, 11) is -1.84. The molecule has 1 aliphatic heterocycles. The van der Waals surface area contributed by atoms with Gasteiger partial charge in [-0.05, 0) is 49.9 Å². The van der Waals surface area contributed by atoms with Crippen molar-refractivity contribution in [1.29, 1.82) is 0 Å². The third-order valence-corrected chi connectivity index (χ3v) is 9.49. The van der Waals surface area contributed by atoms with Crippen LogP contribution in [0.3, 0.4) is 0 Å². The van der Waals surface area contributed by atoms with E-state index >= 15 is 0 Å². The second kappa shape index (κ2) is 6.03. The van der Waals surface area contributed by atoms with Gasteiger partial charge in [-0.25, -0.2) is 0 Å². The molecule has 0 spiro atoms. The van der Waals surface area contributed by atoms with Crippen molar-refractivity contribution < 1.29 is 4.43 Å². The highest BCUT2D eigenvalue weighted by molar-refractivity contribution is 6.88. The fourth-order valence-electron chi connectivity index (χ4n) is 3.77. The van der Waals surface area contributed by atoms with E-state index in [4.69, 9.17) is 4.43 Å². The van der Waals surface area contributed by atoms with E-state index < -0.39 is 8.32 Å². The molecule has 0 aliphatic carbocycles. The Morgan fingerprint density at radius 1 is 1.20 bits per heavy atom. The van der Waals surface area contributed by atoms with Gasteiger partial charge in [0.2, 0.25) is 8.32 Å². The van der Waals surface area contributed by atoms with Crippen LogP contribution in [0.2, 0.25) is 11.6 Å². The molecule has 1 heterocycles. The molecule has 1 aromatic rings. The Balaban J connectivity index is 2.38. The maximum Gasteiger partial charge on any atom is 0.227 e. The van der Waals surface area contributed by atoms with Gasteiger partial charge in [0.25, 0.3) is 0 Å². The normalized spacial score (nSPS) is 27.2. The lowest BCUT2D eigenvalue weighted by molar-refractivity contribution is 0.118. The maximum atomic E-state index is 6.82. The fourth-order valence-corrected chi connectivity index (χ4v) is 9.42. The summed E-state index contributed by atoms with van der Waals surface area (Å²) in [5.41, 5.74) is 0.742. The third-order valence-electron chi connectivity index (χ3n) is 4.27. The SMILES string of the molecule is CC(C)C[C@@H]1CCC[Si]1(OC(C)(C)C)c1ccccc1. The molecule has 2 atom stereocenters. The number of benzene rings is 1. The van der Waals surface area contributed by atoms with Crippen molar-refractivity contribution in [3.8, 4) is 0 Å². The van der Waals surface area contributed by atoms with E-state index in [0.717, 1.165) is 11.5 Å². The van der Waals surface area contributed by atoms with Crippen LogP contribution in [0.1, 0.15) is 53.9 Å². The molecule has 112 valence electrons. The van der Waals surface area contributed by atoms with Gasteiger partial charge in [-0.2, -0.15) is 0 Å². The first-order valence-corrected chi connectivity index (χ1v) is 10.3. The molecule has 0 aromatic heterocycles. The van der Waals surface area contributed by atoms with Crippen molar-refractivity contribution in [2.24, 2.45) is 5.92 Å². The first kappa shape index (κ1) is 15.8. The highest BCUT2D eigenvalue weighted by atomic mass is 28.4. The zero-order chi connectivity index (χ0) is 14.8. The molecule has 1 nitrogen and oxygen atoms in total. The third kappa shape index (κ3) is 3.53. The van der Waals surface area contributed by atoms with Crippen LogP contribution in [0.15, 0.2) is 30.3 Å². The number of hydrogen-bond donors (Lipinski definition) is 0. The van der Waals surface area contributed by atoms with Crippen molar-refractivity contribution in [1.82, 2.24) is 0 Å². The van der Waals surface area contributed by atoms with Gasteiger partial charge in [-0.3, -0.25) is 0 Å². The summed E-state index contributed by atoms with van der Waals surface area (Å²) in [5, 5.41) is 1.51. The van der Waals surface area contributed by atoms with Gasteiger partial charge in [-0.15, -0.1) is 0 Å². The fraction of sp³-hybridized carbons (Fsp3) is 0.667. The van der Waals surface area contributed by atoms with Gasteiger partial charge in [0.1, 0.15) is 0 Å². The van der Waals surface area contributed by atoms with Crippen LogP contribution in [0.25, 0.3) is 0 Å². The molecule has 0 bridgehead atoms. The zero-order valence-corrected chi connectivity index (χ0v) is 14.8. The van der Waals surface area contributed by atoms with E-state index in [-0.39, 0.29) is 5.60 Å². The zero-order valence-electron chi connectivity index (χ0n) is 13.8. The van der Waals surface area contributed by atoms with E-state index in [1.165, 1.54) is 30.5 Å². The van der Waals surface area contributed by atoms with Gasteiger partial charge in [0.05, 0.1) is 0 Å². The molecule has 0 N–H and O–H groups in total. The van der Waals surface area contributed by atoms with Crippen LogP contribution in [0.5, 0.6) is 0 Å². The first-order valence-electron chi connectivity index (χ1n) is 8.09. The Morgan fingerprint density at radius 3 is 2.40 bits per heavy atom. The molecule has 1 aromatic carbocycles. The summed E-state index contributed by atoms with van der Waals surface area (Å²) in [6.45, 7) is 11.3. The summed E-state index contributed by atoms with van der Waals surface area (Å²) in [5.74, 6) is 0.761. The average Bonchev–Trinajstić information content (AvgIpc) is 2.71. The Kier molecular flexibility index (Phi) is 4.75. The van der Waals surface area contributed by atoms with Crippen LogP contribution in [-0.4, -0.2) is 13.9 Å². The molecule has 1 aliphatic rings. The van der Waals surface area contributed by atoms with Gasteiger partial charge in [0, 0.05) is 5.60 Å². The molecule has 0 saturated carbocycles. The molecule has 2 heteroatoms. The molecule has 1 saturated heterocycles. The predicted molar refractivity (Wildman–Crippen MR) is 89.9 cm³/mol. The molecule has 1 unspecified atom stereocenters. The van der Waals surface area contributed by atoms with E-state index in [1.807, 2.05) is 0 Å². The van der Waals surface area contributed by atoms with Gasteiger partial charge < -0.3 is 4.43 Å². The lowest BCUT2D eigenvalue weighted by atomic mass is 10.1. The number of hydrogen-bond acceptors (Lipinski definition) is 1. The van der Waals surface area contributed by atoms with Gasteiger partial charge in [-0.1, -0.05) is 57.0 Å². The minimum atomic E-state index is -1.84. The van der Waals surface area contributed by atoms with Crippen molar-refractivity contribution in [3.63, 3.8) is 0 Å². The second-order valence-electron chi connectivity index (χ2n) is 7.69. The van der Waals surface area contributed by atoms with E-state index in [2.05, 4.69) is 65.0 Å². The topological polar surface area (TPSA) is 9.23 Å². The summed E-state index contributed by atoms with van der Waals surface area (Å²) in [6, 6.07) is 12.4. The van der Waals surface area contributed by atoms with Crippen molar-refractivity contribution >= 4 is 13.5 Å². The number of rotatable bonds is 4. The summed E-state index contributed by atoms with van der Waals surface area (Å²) in [4.78, 5) is 0. The Morgan fingerprint density at radius 2 is 1.85 bits per heavy atom. The molecular formula is C18H30OSi. The smallest absolute Gasteiger partial charge is 0.227 e. The second-order valence-corrected chi connectivity index (χ2v) is 11.6. The van der Waals surface area contributed by atoms with Crippen LogP contribution >= 0.6 is 0 Å². The van der Waals surface area contributed by atoms with Crippen LogP contribution in [0.4, 0.5) is 0 Å². The summed E-state index contributed by atoms with van der Waals surface area (Å²) < 4.78 is 6.82. The molecule has 2 rings (SSSR count). The van der Waals surface area contributed by atoms with Crippen molar-refractivity contribution in [2.75, 3.05) is 0 Å². The first-order chi connectivity index (χ1) is 9.33. The molecule has 1 fully saturated rings. The van der Waals surface area contributed by atoms with Crippen LogP contribution < -0.4 is 5.19 Å². The quantitative estimate of drug-likeness (QED) is 0.719. The standard InChI is InChI=1S/C18H30OSi/c1-15(2)14-17-12-9-13-20(17,19-18(3,4)5)16-10-7-6-8-11-16/h6-8,10-11,15,17H,9,12-14H2,1-5H3/t17-,20?/m0/s1. The average molecular weight is 291 g/mol. The summed E-state index contributed by atoms with van der Waals surface area (Å²) >= 11 is 0. The summed E-state index contributed by atoms with van der Waals surface area (Å²) in [6.07, 6.45) is 4.02. The lowest BCUT2D eigenvalue weighted by Crippen LogP contribution is -2.55.